The number of aryl methyl sites for hydroxylation is 1. The molecule has 0 spiro atoms. The number of carbonyl (C=O) groups excluding carboxylic acids is 1. The van der Waals surface area contributed by atoms with E-state index in [1.807, 2.05) is 6.92 Å². The standard InChI is InChI=1S/C25H17ClN2O5/c1-14-9-10-20-18(11-14)23(29)21-22(15-6-4-7-17(12-15)28(31)32)27(25(30)24(21)33-20)13-16-5-2-3-8-19(16)26/h2-12,22H,13H2,1H3/t22-/m0/s1. The van der Waals surface area contributed by atoms with Crippen LogP contribution in [0.2, 0.25) is 5.02 Å². The molecule has 0 fully saturated rings. The van der Waals surface area contributed by atoms with Crippen LogP contribution < -0.4 is 5.43 Å². The van der Waals surface area contributed by atoms with Crippen molar-refractivity contribution in [1.29, 1.82) is 0 Å². The molecular weight excluding hydrogens is 444 g/mol. The first kappa shape index (κ1) is 20.9. The summed E-state index contributed by atoms with van der Waals surface area (Å²) in [5.41, 5.74) is 2.03. The van der Waals surface area contributed by atoms with Crippen molar-refractivity contribution in [2.24, 2.45) is 0 Å². The van der Waals surface area contributed by atoms with E-state index in [2.05, 4.69) is 0 Å². The molecule has 7 nitrogen and oxygen atoms in total. The number of fused-ring (bicyclic) bond motifs is 2. The summed E-state index contributed by atoms with van der Waals surface area (Å²) in [5, 5.41) is 12.2. The minimum Gasteiger partial charge on any atom is -0.450 e. The second-order valence-corrected chi connectivity index (χ2v) is 8.36. The fourth-order valence-corrected chi connectivity index (χ4v) is 4.46. The van der Waals surface area contributed by atoms with Gasteiger partial charge in [-0.15, -0.1) is 0 Å². The zero-order valence-corrected chi connectivity index (χ0v) is 18.2. The molecule has 0 radical (unpaired) electrons. The van der Waals surface area contributed by atoms with Gasteiger partial charge in [0.2, 0.25) is 5.76 Å². The number of hydrogen-bond donors (Lipinski definition) is 0. The van der Waals surface area contributed by atoms with Gasteiger partial charge in [0.15, 0.2) is 5.43 Å². The number of nitrogens with zero attached hydrogens (tertiary/aromatic N) is 2. The third kappa shape index (κ3) is 3.47. The summed E-state index contributed by atoms with van der Waals surface area (Å²) < 4.78 is 5.92. The molecule has 1 aliphatic heterocycles. The summed E-state index contributed by atoms with van der Waals surface area (Å²) >= 11 is 6.34. The molecule has 0 N–H and O–H groups in total. The van der Waals surface area contributed by atoms with Crippen molar-refractivity contribution in [1.82, 2.24) is 4.90 Å². The van der Waals surface area contributed by atoms with E-state index < -0.39 is 16.9 Å². The third-order valence-electron chi connectivity index (χ3n) is 5.82. The first-order valence-electron chi connectivity index (χ1n) is 10.2. The predicted molar refractivity (Wildman–Crippen MR) is 123 cm³/mol. The minimum atomic E-state index is -0.857. The Kier molecular flexibility index (Phi) is 4.98. The quantitative estimate of drug-likeness (QED) is 0.300. The predicted octanol–water partition coefficient (Wildman–Crippen LogP) is 5.41. The Morgan fingerprint density at radius 2 is 1.85 bits per heavy atom. The SMILES string of the molecule is Cc1ccc2oc3c(c(=O)c2c1)[C@H](c1cccc([N+](=O)[O-])c1)N(Cc1ccccc1Cl)C3=O. The Morgan fingerprint density at radius 3 is 2.61 bits per heavy atom. The summed E-state index contributed by atoms with van der Waals surface area (Å²) in [4.78, 5) is 39.4. The number of hydrogen-bond acceptors (Lipinski definition) is 5. The highest BCUT2D eigenvalue weighted by Crippen LogP contribution is 2.40. The second kappa shape index (κ2) is 7.86. The topological polar surface area (TPSA) is 93.7 Å². The number of halogens is 1. The van der Waals surface area contributed by atoms with E-state index in [0.717, 1.165) is 5.56 Å². The first-order chi connectivity index (χ1) is 15.8. The Morgan fingerprint density at radius 1 is 1.06 bits per heavy atom. The molecule has 0 aliphatic carbocycles. The molecule has 164 valence electrons. The molecule has 5 rings (SSSR count). The van der Waals surface area contributed by atoms with Crippen LogP contribution in [0.25, 0.3) is 11.0 Å². The summed E-state index contributed by atoms with van der Waals surface area (Å²) in [5.74, 6) is -0.527. The van der Waals surface area contributed by atoms with Crippen molar-refractivity contribution >= 4 is 34.2 Å². The lowest BCUT2D eigenvalue weighted by Crippen LogP contribution is -2.29. The zero-order valence-electron chi connectivity index (χ0n) is 17.4. The number of rotatable bonds is 4. The van der Waals surface area contributed by atoms with Gasteiger partial charge >= 0.3 is 0 Å². The van der Waals surface area contributed by atoms with Gasteiger partial charge in [0, 0.05) is 23.7 Å². The van der Waals surface area contributed by atoms with E-state index in [1.54, 1.807) is 48.5 Å². The van der Waals surface area contributed by atoms with Crippen LogP contribution in [-0.2, 0) is 6.54 Å². The van der Waals surface area contributed by atoms with E-state index in [4.69, 9.17) is 16.0 Å². The highest BCUT2D eigenvalue weighted by atomic mass is 35.5. The van der Waals surface area contributed by atoms with Crippen LogP contribution in [0, 0.1) is 17.0 Å². The van der Waals surface area contributed by atoms with Crippen molar-refractivity contribution in [2.45, 2.75) is 19.5 Å². The van der Waals surface area contributed by atoms with Gasteiger partial charge in [-0.1, -0.05) is 53.6 Å². The lowest BCUT2D eigenvalue weighted by Gasteiger charge is -2.25. The van der Waals surface area contributed by atoms with Crippen LogP contribution in [-0.4, -0.2) is 15.7 Å². The maximum absolute atomic E-state index is 13.6. The van der Waals surface area contributed by atoms with Gasteiger partial charge in [-0.05, 0) is 36.2 Å². The summed E-state index contributed by atoms with van der Waals surface area (Å²) in [6.07, 6.45) is 0. The van der Waals surface area contributed by atoms with Gasteiger partial charge in [0.25, 0.3) is 11.6 Å². The van der Waals surface area contributed by atoms with Crippen molar-refractivity contribution in [3.63, 3.8) is 0 Å². The minimum absolute atomic E-state index is 0.0556. The Labute approximate surface area is 193 Å². The third-order valence-corrected chi connectivity index (χ3v) is 6.19. The molecule has 4 aromatic rings. The van der Waals surface area contributed by atoms with Crippen LogP contribution >= 0.6 is 11.6 Å². The monoisotopic (exact) mass is 460 g/mol. The molecule has 8 heteroatoms. The number of amides is 1. The van der Waals surface area contributed by atoms with E-state index in [-0.39, 0.29) is 29.0 Å². The summed E-state index contributed by atoms with van der Waals surface area (Å²) in [6, 6.07) is 17.4. The number of benzene rings is 3. The van der Waals surface area contributed by atoms with Gasteiger partial charge in [0.1, 0.15) is 5.58 Å². The molecule has 0 saturated heterocycles. The summed E-state index contributed by atoms with van der Waals surface area (Å²) in [6.45, 7) is 1.96. The van der Waals surface area contributed by atoms with Gasteiger partial charge in [-0.3, -0.25) is 19.7 Å². The highest BCUT2D eigenvalue weighted by Gasteiger charge is 2.43. The van der Waals surface area contributed by atoms with E-state index >= 15 is 0 Å². The second-order valence-electron chi connectivity index (χ2n) is 7.95. The zero-order chi connectivity index (χ0) is 23.3. The molecule has 1 atom stereocenters. The Bertz CT molecular complexity index is 1510. The Hall–Kier alpha value is -3.97. The van der Waals surface area contributed by atoms with E-state index in [9.17, 15) is 19.7 Å². The fourth-order valence-electron chi connectivity index (χ4n) is 4.26. The van der Waals surface area contributed by atoms with Crippen LogP contribution in [0.1, 0.15) is 38.9 Å². The average Bonchev–Trinajstić information content (AvgIpc) is 3.08. The van der Waals surface area contributed by atoms with Gasteiger partial charge in [-0.2, -0.15) is 0 Å². The van der Waals surface area contributed by atoms with Crippen molar-refractivity contribution in [3.05, 3.63) is 120 Å². The normalized spacial score (nSPS) is 15.2. The van der Waals surface area contributed by atoms with Crippen molar-refractivity contribution in [3.8, 4) is 0 Å². The Balaban J connectivity index is 1.76. The largest absolute Gasteiger partial charge is 0.450 e. The van der Waals surface area contributed by atoms with Crippen LogP contribution in [0.5, 0.6) is 0 Å². The first-order valence-corrected chi connectivity index (χ1v) is 10.6. The van der Waals surface area contributed by atoms with E-state index in [1.165, 1.54) is 23.1 Å². The van der Waals surface area contributed by atoms with Crippen LogP contribution in [0.4, 0.5) is 5.69 Å². The molecule has 33 heavy (non-hydrogen) atoms. The molecule has 0 saturated carbocycles. The van der Waals surface area contributed by atoms with Crippen LogP contribution in [0.3, 0.4) is 0 Å². The fraction of sp³-hybridized carbons (Fsp3) is 0.120. The van der Waals surface area contributed by atoms with Crippen molar-refractivity contribution in [2.75, 3.05) is 0 Å². The van der Waals surface area contributed by atoms with Crippen LogP contribution in [0.15, 0.2) is 75.9 Å². The summed E-state index contributed by atoms with van der Waals surface area (Å²) in [7, 11) is 0. The molecule has 1 amide bonds. The molecule has 0 bridgehead atoms. The van der Waals surface area contributed by atoms with Crippen molar-refractivity contribution < 1.29 is 14.1 Å². The molecule has 1 aromatic heterocycles. The van der Waals surface area contributed by atoms with Gasteiger partial charge in [0.05, 0.1) is 21.9 Å². The highest BCUT2D eigenvalue weighted by molar-refractivity contribution is 6.31. The maximum Gasteiger partial charge on any atom is 0.291 e. The number of nitro groups is 1. The van der Waals surface area contributed by atoms with Gasteiger partial charge in [-0.25, -0.2) is 0 Å². The average molecular weight is 461 g/mol. The lowest BCUT2D eigenvalue weighted by atomic mass is 9.97. The number of non-ortho nitro benzene ring substituents is 1. The number of nitro benzene ring substituents is 1. The molecule has 0 unspecified atom stereocenters. The number of carbonyl (C=O) groups is 1. The molecular formula is C25H17ClN2O5. The molecule has 3 aromatic carbocycles. The smallest absolute Gasteiger partial charge is 0.291 e. The maximum atomic E-state index is 13.6. The van der Waals surface area contributed by atoms with E-state index in [0.29, 0.717) is 27.1 Å². The van der Waals surface area contributed by atoms with Gasteiger partial charge < -0.3 is 9.32 Å². The molecule has 1 aliphatic rings. The molecule has 2 heterocycles. The lowest BCUT2D eigenvalue weighted by molar-refractivity contribution is -0.384.